The number of carbonyl (C=O) groups is 2. The molecule has 2 amide bonds. The molecule has 2 aromatic rings. The smallest absolute Gasteiger partial charge is 0.256 e. The van der Waals surface area contributed by atoms with Crippen LogP contribution in [-0.4, -0.2) is 11.8 Å². The fourth-order valence-electron chi connectivity index (χ4n) is 2.82. The number of primary amides is 1. The molecule has 6 heteroatoms. The standard InChI is InChI=1S/C17H17BrN2O2S/c1-9-6-7-10(8-12(9)18)16(22)20-17-14(15(19)21)11-4-2-3-5-13(11)23-17/h6-8H,2-5H2,1H3,(H2,19,21)(H,20,22). The minimum absolute atomic E-state index is 0.230. The molecule has 0 atom stereocenters. The highest BCUT2D eigenvalue weighted by Gasteiger charge is 2.25. The Kier molecular flexibility index (Phi) is 4.55. The number of amides is 2. The number of thiophene rings is 1. The summed E-state index contributed by atoms with van der Waals surface area (Å²) in [6, 6.07) is 5.43. The van der Waals surface area contributed by atoms with Crippen LogP contribution >= 0.6 is 27.3 Å². The molecule has 0 unspecified atom stereocenters. The van der Waals surface area contributed by atoms with Crippen molar-refractivity contribution >= 4 is 44.1 Å². The summed E-state index contributed by atoms with van der Waals surface area (Å²) in [6.45, 7) is 1.96. The van der Waals surface area contributed by atoms with Gasteiger partial charge in [-0.25, -0.2) is 0 Å². The van der Waals surface area contributed by atoms with Gasteiger partial charge in [0.1, 0.15) is 5.00 Å². The van der Waals surface area contributed by atoms with Crippen LogP contribution in [0.25, 0.3) is 0 Å². The fraction of sp³-hybridized carbons (Fsp3) is 0.294. The van der Waals surface area contributed by atoms with Crippen LogP contribution in [0.3, 0.4) is 0 Å². The number of fused-ring (bicyclic) bond motifs is 1. The number of aryl methyl sites for hydroxylation is 2. The molecule has 1 aromatic carbocycles. The molecular weight excluding hydrogens is 376 g/mol. The lowest BCUT2D eigenvalue weighted by Gasteiger charge is -2.11. The second kappa shape index (κ2) is 6.45. The monoisotopic (exact) mass is 392 g/mol. The van der Waals surface area contributed by atoms with Crippen LogP contribution in [0.15, 0.2) is 22.7 Å². The second-order valence-corrected chi connectivity index (χ2v) is 7.66. The van der Waals surface area contributed by atoms with E-state index in [0.29, 0.717) is 16.1 Å². The number of hydrogen-bond acceptors (Lipinski definition) is 3. The van der Waals surface area contributed by atoms with Gasteiger partial charge < -0.3 is 11.1 Å². The van der Waals surface area contributed by atoms with Gasteiger partial charge in [-0.05, 0) is 55.9 Å². The van der Waals surface area contributed by atoms with Crippen LogP contribution in [0.1, 0.15) is 49.6 Å². The number of anilines is 1. The van der Waals surface area contributed by atoms with Crippen molar-refractivity contribution in [1.29, 1.82) is 0 Å². The van der Waals surface area contributed by atoms with Gasteiger partial charge in [-0.2, -0.15) is 0 Å². The first-order chi connectivity index (χ1) is 11.0. The highest BCUT2D eigenvalue weighted by Crippen LogP contribution is 2.38. The lowest BCUT2D eigenvalue weighted by Crippen LogP contribution is -2.18. The van der Waals surface area contributed by atoms with E-state index in [0.717, 1.165) is 41.3 Å². The summed E-state index contributed by atoms with van der Waals surface area (Å²) in [7, 11) is 0. The van der Waals surface area contributed by atoms with Gasteiger partial charge in [-0.15, -0.1) is 11.3 Å². The molecule has 0 saturated heterocycles. The van der Waals surface area contributed by atoms with E-state index >= 15 is 0 Å². The predicted molar refractivity (Wildman–Crippen MR) is 96.3 cm³/mol. The molecule has 4 nitrogen and oxygen atoms in total. The normalized spacial score (nSPS) is 13.5. The van der Waals surface area contributed by atoms with Gasteiger partial charge in [0.25, 0.3) is 11.8 Å². The highest BCUT2D eigenvalue weighted by molar-refractivity contribution is 9.10. The van der Waals surface area contributed by atoms with Crippen LogP contribution in [0, 0.1) is 6.92 Å². The third-order valence-electron chi connectivity index (χ3n) is 4.08. The van der Waals surface area contributed by atoms with Crippen molar-refractivity contribution in [3.05, 3.63) is 49.8 Å². The largest absolute Gasteiger partial charge is 0.365 e. The van der Waals surface area contributed by atoms with Crippen LogP contribution in [0.4, 0.5) is 5.00 Å². The number of hydrogen-bond donors (Lipinski definition) is 2. The van der Waals surface area contributed by atoms with Crippen molar-refractivity contribution in [2.45, 2.75) is 32.6 Å². The Morgan fingerprint density at radius 2 is 2.00 bits per heavy atom. The summed E-state index contributed by atoms with van der Waals surface area (Å²) >= 11 is 4.91. The third-order valence-corrected chi connectivity index (χ3v) is 6.14. The number of rotatable bonds is 3. The molecule has 3 N–H and O–H groups in total. The maximum atomic E-state index is 12.5. The summed E-state index contributed by atoms with van der Waals surface area (Å²) in [4.78, 5) is 25.5. The Morgan fingerprint density at radius 1 is 1.26 bits per heavy atom. The van der Waals surface area contributed by atoms with Gasteiger partial charge in [0.05, 0.1) is 5.56 Å². The van der Waals surface area contributed by atoms with E-state index in [9.17, 15) is 9.59 Å². The van der Waals surface area contributed by atoms with Crippen molar-refractivity contribution < 1.29 is 9.59 Å². The molecular formula is C17H17BrN2O2S. The van der Waals surface area contributed by atoms with E-state index in [1.807, 2.05) is 13.0 Å². The lowest BCUT2D eigenvalue weighted by molar-refractivity contribution is 0.100. The first-order valence-corrected chi connectivity index (χ1v) is 9.10. The van der Waals surface area contributed by atoms with Crippen LogP contribution in [0.2, 0.25) is 0 Å². The minimum atomic E-state index is -0.468. The Hall–Kier alpha value is -1.66. The SMILES string of the molecule is Cc1ccc(C(=O)Nc2sc3c(c2C(N)=O)CCCC3)cc1Br. The van der Waals surface area contributed by atoms with E-state index < -0.39 is 5.91 Å². The molecule has 120 valence electrons. The van der Waals surface area contributed by atoms with Crippen molar-refractivity contribution in [2.24, 2.45) is 5.73 Å². The predicted octanol–water partition coefficient (Wildman–Crippen LogP) is 4.05. The molecule has 0 spiro atoms. The molecule has 0 saturated carbocycles. The second-order valence-electron chi connectivity index (χ2n) is 5.70. The Morgan fingerprint density at radius 3 is 2.70 bits per heavy atom. The molecule has 23 heavy (non-hydrogen) atoms. The van der Waals surface area contributed by atoms with Gasteiger partial charge in [0.15, 0.2) is 0 Å². The summed E-state index contributed by atoms with van der Waals surface area (Å²) < 4.78 is 0.880. The number of benzene rings is 1. The molecule has 3 rings (SSSR count). The molecule has 0 fully saturated rings. The van der Waals surface area contributed by atoms with Gasteiger partial charge in [-0.1, -0.05) is 22.0 Å². The number of carbonyl (C=O) groups excluding carboxylic acids is 2. The van der Waals surface area contributed by atoms with Crippen molar-refractivity contribution in [3.63, 3.8) is 0 Å². The molecule has 1 aromatic heterocycles. The maximum absolute atomic E-state index is 12.5. The maximum Gasteiger partial charge on any atom is 0.256 e. The van der Waals surface area contributed by atoms with Crippen molar-refractivity contribution in [1.82, 2.24) is 0 Å². The summed E-state index contributed by atoms with van der Waals surface area (Å²) in [5.74, 6) is -0.698. The van der Waals surface area contributed by atoms with E-state index in [1.54, 1.807) is 12.1 Å². The quantitative estimate of drug-likeness (QED) is 0.826. The topological polar surface area (TPSA) is 72.2 Å². The van der Waals surface area contributed by atoms with Crippen molar-refractivity contribution in [3.8, 4) is 0 Å². The Balaban J connectivity index is 1.93. The molecule has 0 bridgehead atoms. The summed E-state index contributed by atoms with van der Waals surface area (Å²) in [6.07, 6.45) is 3.98. The zero-order chi connectivity index (χ0) is 16.6. The van der Waals surface area contributed by atoms with E-state index in [-0.39, 0.29) is 5.91 Å². The van der Waals surface area contributed by atoms with E-state index in [2.05, 4.69) is 21.2 Å². The van der Waals surface area contributed by atoms with Crippen molar-refractivity contribution in [2.75, 3.05) is 5.32 Å². The molecule has 0 aliphatic heterocycles. The Bertz CT molecular complexity index is 798. The van der Waals surface area contributed by atoms with Crippen LogP contribution in [0.5, 0.6) is 0 Å². The molecule has 0 radical (unpaired) electrons. The zero-order valence-electron chi connectivity index (χ0n) is 12.7. The highest BCUT2D eigenvalue weighted by atomic mass is 79.9. The first kappa shape index (κ1) is 16.2. The van der Waals surface area contributed by atoms with Crippen LogP contribution in [-0.2, 0) is 12.8 Å². The summed E-state index contributed by atoms with van der Waals surface area (Å²) in [5.41, 5.74) is 8.67. The van der Waals surface area contributed by atoms with Gasteiger partial charge in [-0.3, -0.25) is 9.59 Å². The summed E-state index contributed by atoms with van der Waals surface area (Å²) in [5, 5.41) is 3.45. The van der Waals surface area contributed by atoms with Gasteiger partial charge >= 0.3 is 0 Å². The zero-order valence-corrected chi connectivity index (χ0v) is 15.1. The van der Waals surface area contributed by atoms with Gasteiger partial charge in [0, 0.05) is 14.9 Å². The van der Waals surface area contributed by atoms with Crippen LogP contribution < -0.4 is 11.1 Å². The van der Waals surface area contributed by atoms with E-state index in [1.165, 1.54) is 16.2 Å². The Labute approximate surface area is 147 Å². The third kappa shape index (κ3) is 3.19. The molecule has 1 aliphatic carbocycles. The average molecular weight is 393 g/mol. The average Bonchev–Trinajstić information content (AvgIpc) is 2.87. The number of nitrogens with two attached hydrogens (primary N) is 1. The number of halogens is 1. The minimum Gasteiger partial charge on any atom is -0.365 e. The fourth-order valence-corrected chi connectivity index (χ4v) is 4.49. The molecule has 1 heterocycles. The van der Waals surface area contributed by atoms with E-state index in [4.69, 9.17) is 5.73 Å². The number of nitrogens with one attached hydrogen (secondary N) is 1. The lowest BCUT2D eigenvalue weighted by atomic mass is 9.95. The first-order valence-electron chi connectivity index (χ1n) is 7.49. The van der Waals surface area contributed by atoms with Gasteiger partial charge in [0.2, 0.25) is 0 Å². The molecule has 1 aliphatic rings.